The van der Waals surface area contributed by atoms with Crippen molar-refractivity contribution in [2.75, 3.05) is 6.54 Å². The van der Waals surface area contributed by atoms with Crippen molar-refractivity contribution in [3.8, 4) is 6.07 Å². The summed E-state index contributed by atoms with van der Waals surface area (Å²) in [5, 5.41) is 11.4. The number of nitriles is 1. The number of hydrogen-bond acceptors (Lipinski definition) is 4. The van der Waals surface area contributed by atoms with Gasteiger partial charge >= 0.3 is 0 Å². The van der Waals surface area contributed by atoms with Crippen LogP contribution in [0.5, 0.6) is 0 Å². The number of nitrogens with one attached hydrogen (secondary N) is 1. The summed E-state index contributed by atoms with van der Waals surface area (Å²) in [7, 11) is 0. The molecule has 151 valence electrons. The molecule has 2 aliphatic heterocycles. The minimum Gasteiger partial charge on any atom is -0.349 e. The number of likely N-dealkylation sites (tertiary alicyclic amines) is 1. The topological polar surface area (TPSA) is 85.6 Å². The first-order valence-electron chi connectivity index (χ1n) is 9.07. The lowest BCUT2D eigenvalue weighted by molar-refractivity contribution is -0.136. The highest BCUT2D eigenvalue weighted by atomic mass is 19.2. The Balaban J connectivity index is 0.00000256. The molecule has 1 N–H and O–H groups in total. The van der Waals surface area contributed by atoms with E-state index in [1.165, 1.54) is 24.1 Å². The standard InChI is InChI=1S/C20H16F3N4O2.H2/c1-9(19-14(22)4-10(6-24)7-25-19)26-16(28)8-27-15-5-12(20(27)29)11-2-3-13(21)18(23)17(11)15;/h2-4,7,9-10,12,15H,5,8H2,1H3,(H,26,28);1H/t9-,10?,12?,15?;/m1./s1. The molecule has 9 heteroatoms. The molecule has 1 saturated heterocycles. The maximum absolute atomic E-state index is 14.3. The van der Waals surface area contributed by atoms with Gasteiger partial charge in [-0.05, 0) is 31.1 Å². The minimum absolute atomic E-state index is 0. The molecular formula is C20H18F3N4O2. The summed E-state index contributed by atoms with van der Waals surface area (Å²) in [5.74, 6) is -4.93. The molecule has 1 aromatic carbocycles. The fourth-order valence-corrected chi connectivity index (χ4v) is 4.16. The van der Waals surface area contributed by atoms with Gasteiger partial charge < -0.3 is 10.2 Å². The zero-order valence-corrected chi connectivity index (χ0v) is 15.3. The molecule has 1 aliphatic carbocycles. The Morgan fingerprint density at radius 2 is 2.21 bits per heavy atom. The Bertz CT molecular complexity index is 1010. The summed E-state index contributed by atoms with van der Waals surface area (Å²) in [4.78, 5) is 30.1. The molecule has 29 heavy (non-hydrogen) atoms. The molecule has 6 nitrogen and oxygen atoms in total. The SMILES string of the molecule is C[C@@H](NC(=O)CN1C(=O)C2CC1c1c2ccc(F)c1F)[C]1N=CC(C#N)C=C1F.[HH]. The van der Waals surface area contributed by atoms with Crippen LogP contribution in [0.4, 0.5) is 13.2 Å². The van der Waals surface area contributed by atoms with Gasteiger partial charge in [-0.3, -0.25) is 14.6 Å². The smallest absolute Gasteiger partial charge is 0.239 e. The molecule has 3 aliphatic rings. The van der Waals surface area contributed by atoms with Crippen molar-refractivity contribution >= 4 is 18.0 Å². The number of halogens is 3. The summed E-state index contributed by atoms with van der Waals surface area (Å²) in [5.41, 5.74) is 0.591. The van der Waals surface area contributed by atoms with Crippen molar-refractivity contribution in [2.45, 2.75) is 31.3 Å². The number of hydrogen-bond donors (Lipinski definition) is 1. The number of aliphatic imine (C=N–C) groups is 1. The Kier molecular flexibility index (Phi) is 4.65. The molecule has 3 unspecified atom stereocenters. The van der Waals surface area contributed by atoms with Crippen LogP contribution >= 0.6 is 0 Å². The summed E-state index contributed by atoms with van der Waals surface area (Å²) in [6.45, 7) is 1.16. The third kappa shape index (κ3) is 3.09. The van der Waals surface area contributed by atoms with E-state index in [4.69, 9.17) is 5.26 Å². The average Bonchev–Trinajstić information content (AvgIpc) is 3.21. The summed E-state index contributed by atoms with van der Waals surface area (Å²) in [6, 6.07) is 2.74. The Morgan fingerprint density at radius 1 is 1.45 bits per heavy atom. The van der Waals surface area contributed by atoms with Gasteiger partial charge in [-0.1, -0.05) is 6.07 Å². The second-order valence-electron chi connectivity index (χ2n) is 7.26. The fraction of sp³-hybridized carbons (Fsp3) is 0.350. The van der Waals surface area contributed by atoms with Gasteiger partial charge in [-0.15, -0.1) is 0 Å². The highest BCUT2D eigenvalue weighted by Gasteiger charge is 2.50. The second kappa shape index (κ2) is 7.03. The van der Waals surface area contributed by atoms with Gasteiger partial charge in [0, 0.05) is 13.2 Å². The summed E-state index contributed by atoms with van der Waals surface area (Å²) in [6.07, 6.45) is 2.67. The third-order valence-corrected chi connectivity index (χ3v) is 5.49. The Labute approximate surface area is 166 Å². The normalized spacial score (nSPS) is 26.2. The van der Waals surface area contributed by atoms with E-state index in [0.717, 1.165) is 12.1 Å². The van der Waals surface area contributed by atoms with Crippen LogP contribution in [0.1, 0.15) is 37.9 Å². The molecule has 0 saturated carbocycles. The van der Waals surface area contributed by atoms with Gasteiger partial charge in [-0.2, -0.15) is 5.26 Å². The first-order valence-corrected chi connectivity index (χ1v) is 9.07. The van der Waals surface area contributed by atoms with Crippen LogP contribution in [0.2, 0.25) is 0 Å². The van der Waals surface area contributed by atoms with Gasteiger partial charge in [0.2, 0.25) is 11.8 Å². The highest BCUT2D eigenvalue weighted by Crippen LogP contribution is 2.51. The van der Waals surface area contributed by atoms with Crippen LogP contribution in [-0.2, 0) is 9.59 Å². The van der Waals surface area contributed by atoms with Gasteiger partial charge in [0.15, 0.2) is 17.7 Å². The van der Waals surface area contributed by atoms with Gasteiger partial charge in [0.1, 0.15) is 18.3 Å². The van der Waals surface area contributed by atoms with E-state index in [1.807, 2.05) is 6.07 Å². The van der Waals surface area contributed by atoms with Crippen LogP contribution in [0.3, 0.4) is 0 Å². The molecule has 2 bridgehead atoms. The van der Waals surface area contributed by atoms with Crippen molar-refractivity contribution in [3.05, 3.63) is 52.8 Å². The number of carbonyl (C=O) groups is 2. The summed E-state index contributed by atoms with van der Waals surface area (Å²) >= 11 is 0. The van der Waals surface area contributed by atoms with E-state index in [0.29, 0.717) is 12.0 Å². The van der Waals surface area contributed by atoms with Crippen molar-refractivity contribution in [2.24, 2.45) is 10.9 Å². The molecule has 4 rings (SSSR count). The second-order valence-corrected chi connectivity index (χ2v) is 7.26. The van der Waals surface area contributed by atoms with Crippen molar-refractivity contribution < 1.29 is 24.2 Å². The average molecular weight is 403 g/mol. The van der Waals surface area contributed by atoms with Crippen LogP contribution in [0, 0.1) is 34.9 Å². The molecule has 2 heterocycles. The van der Waals surface area contributed by atoms with E-state index < -0.39 is 47.3 Å². The molecule has 1 aromatic rings. The van der Waals surface area contributed by atoms with E-state index in [-0.39, 0.29) is 25.5 Å². The minimum atomic E-state index is -0.994. The quantitative estimate of drug-likeness (QED) is 0.839. The van der Waals surface area contributed by atoms with Crippen LogP contribution < -0.4 is 5.32 Å². The Morgan fingerprint density at radius 3 is 2.90 bits per heavy atom. The Hall–Kier alpha value is -3.15. The molecule has 0 spiro atoms. The number of benzene rings is 1. The lowest BCUT2D eigenvalue weighted by Crippen LogP contribution is -2.45. The lowest BCUT2D eigenvalue weighted by atomic mass is 9.97. The number of rotatable bonds is 4. The molecule has 4 atom stereocenters. The predicted molar refractivity (Wildman–Crippen MR) is 97.9 cm³/mol. The van der Waals surface area contributed by atoms with Crippen LogP contribution in [0.25, 0.3) is 0 Å². The number of dihydropyridines is 1. The van der Waals surface area contributed by atoms with Crippen LogP contribution in [0.15, 0.2) is 29.0 Å². The van der Waals surface area contributed by atoms with Gasteiger partial charge in [0.25, 0.3) is 0 Å². The molecule has 1 fully saturated rings. The largest absolute Gasteiger partial charge is 0.349 e. The molecule has 0 aromatic heterocycles. The zero-order valence-electron chi connectivity index (χ0n) is 15.3. The number of fused-ring (bicyclic) bond motifs is 5. The van der Waals surface area contributed by atoms with Gasteiger partial charge in [0.05, 0.1) is 24.1 Å². The van der Waals surface area contributed by atoms with Gasteiger partial charge in [-0.25, -0.2) is 13.2 Å². The van der Waals surface area contributed by atoms with E-state index in [9.17, 15) is 22.8 Å². The van der Waals surface area contributed by atoms with Crippen molar-refractivity contribution in [1.29, 1.82) is 5.26 Å². The molecular weight excluding hydrogens is 385 g/mol. The monoisotopic (exact) mass is 403 g/mol. The van der Waals surface area contributed by atoms with E-state index in [1.54, 1.807) is 0 Å². The number of carbonyl (C=O) groups excluding carboxylic acids is 2. The lowest BCUT2D eigenvalue weighted by Gasteiger charge is -2.30. The fourth-order valence-electron chi connectivity index (χ4n) is 4.16. The number of amides is 2. The third-order valence-electron chi connectivity index (χ3n) is 5.49. The van der Waals surface area contributed by atoms with Crippen LogP contribution in [-0.4, -0.2) is 35.5 Å². The maximum Gasteiger partial charge on any atom is 0.239 e. The first kappa shape index (κ1) is 19.2. The predicted octanol–water partition coefficient (Wildman–Crippen LogP) is 2.70. The maximum atomic E-state index is 14.3. The van der Waals surface area contributed by atoms with E-state index in [2.05, 4.69) is 10.3 Å². The zero-order chi connectivity index (χ0) is 20.9. The highest BCUT2D eigenvalue weighted by molar-refractivity contribution is 5.93. The number of allylic oxidation sites excluding steroid dienone is 1. The number of nitrogens with zero attached hydrogens (tertiary/aromatic N) is 3. The van der Waals surface area contributed by atoms with Crippen molar-refractivity contribution in [1.82, 2.24) is 10.2 Å². The summed E-state index contributed by atoms with van der Waals surface area (Å²) < 4.78 is 42.0. The molecule has 1 radical (unpaired) electrons. The first-order chi connectivity index (χ1) is 13.8. The van der Waals surface area contributed by atoms with Crippen molar-refractivity contribution in [3.63, 3.8) is 0 Å². The van der Waals surface area contributed by atoms with E-state index >= 15 is 0 Å². The molecule has 2 amide bonds.